The zero-order valence-corrected chi connectivity index (χ0v) is 12.9. The van der Waals surface area contributed by atoms with Crippen LogP contribution in [0.15, 0.2) is 42.5 Å². The van der Waals surface area contributed by atoms with Crippen LogP contribution < -0.4 is 4.74 Å². The van der Waals surface area contributed by atoms with Gasteiger partial charge in [-0.05, 0) is 42.8 Å². The number of hydrogen-bond acceptors (Lipinski definition) is 2. The first-order chi connectivity index (χ1) is 9.95. The molecule has 0 aliphatic rings. The summed E-state index contributed by atoms with van der Waals surface area (Å²) >= 11 is 11.6. The molecule has 0 spiro atoms. The van der Waals surface area contributed by atoms with E-state index in [9.17, 15) is 9.50 Å². The third-order valence-electron chi connectivity index (χ3n) is 3.09. The van der Waals surface area contributed by atoms with Gasteiger partial charge >= 0.3 is 0 Å². The zero-order valence-electron chi connectivity index (χ0n) is 11.4. The van der Waals surface area contributed by atoms with Crippen molar-refractivity contribution in [2.75, 3.05) is 0 Å². The highest BCUT2D eigenvalue weighted by molar-refractivity contribution is 6.31. The van der Waals surface area contributed by atoms with Gasteiger partial charge < -0.3 is 9.84 Å². The molecule has 2 aromatic carbocycles. The number of benzene rings is 2. The molecule has 5 heteroatoms. The fourth-order valence-corrected chi connectivity index (χ4v) is 2.29. The van der Waals surface area contributed by atoms with E-state index < -0.39 is 18.0 Å². The third-order valence-corrected chi connectivity index (χ3v) is 3.61. The zero-order chi connectivity index (χ0) is 15.4. The molecule has 2 unspecified atom stereocenters. The molecule has 0 saturated carbocycles. The van der Waals surface area contributed by atoms with E-state index in [-0.39, 0.29) is 5.02 Å². The van der Waals surface area contributed by atoms with Crippen molar-refractivity contribution in [1.29, 1.82) is 0 Å². The number of halogens is 3. The van der Waals surface area contributed by atoms with E-state index in [1.54, 1.807) is 37.3 Å². The predicted molar refractivity (Wildman–Crippen MR) is 82.7 cm³/mol. The first-order valence-corrected chi connectivity index (χ1v) is 7.25. The van der Waals surface area contributed by atoms with Gasteiger partial charge in [-0.1, -0.05) is 35.3 Å². The topological polar surface area (TPSA) is 29.5 Å². The van der Waals surface area contributed by atoms with Gasteiger partial charge in [0.1, 0.15) is 17.7 Å². The maximum Gasteiger partial charge on any atom is 0.141 e. The summed E-state index contributed by atoms with van der Waals surface area (Å²) in [4.78, 5) is 0. The van der Waals surface area contributed by atoms with Crippen LogP contribution in [0.2, 0.25) is 10.0 Å². The maximum absolute atomic E-state index is 13.1. The molecule has 2 aromatic rings. The maximum atomic E-state index is 13.1. The SMILES string of the molecule is CC(Oc1cccc(Cl)c1)C(O)Cc1ccc(F)c(Cl)c1. The lowest BCUT2D eigenvalue weighted by Crippen LogP contribution is -2.30. The second-order valence-electron chi connectivity index (χ2n) is 4.80. The lowest BCUT2D eigenvalue weighted by molar-refractivity contribution is 0.0479. The van der Waals surface area contributed by atoms with Gasteiger partial charge in [0.25, 0.3) is 0 Å². The van der Waals surface area contributed by atoms with Crippen molar-refractivity contribution < 1.29 is 14.2 Å². The van der Waals surface area contributed by atoms with Crippen molar-refractivity contribution in [3.8, 4) is 5.75 Å². The molecule has 2 rings (SSSR count). The average molecular weight is 329 g/mol. The van der Waals surface area contributed by atoms with Gasteiger partial charge in [-0.3, -0.25) is 0 Å². The molecule has 1 N–H and O–H groups in total. The van der Waals surface area contributed by atoms with Crippen LogP contribution in [-0.4, -0.2) is 17.3 Å². The molecule has 0 aliphatic carbocycles. The monoisotopic (exact) mass is 328 g/mol. The molecule has 0 saturated heterocycles. The van der Waals surface area contributed by atoms with E-state index in [2.05, 4.69) is 0 Å². The molecule has 0 fully saturated rings. The van der Waals surface area contributed by atoms with Crippen LogP contribution in [0.3, 0.4) is 0 Å². The second kappa shape index (κ2) is 7.12. The molecule has 0 aliphatic heterocycles. The van der Waals surface area contributed by atoms with Crippen LogP contribution in [-0.2, 0) is 6.42 Å². The van der Waals surface area contributed by atoms with Gasteiger partial charge in [0, 0.05) is 11.4 Å². The Morgan fingerprint density at radius 1 is 1.19 bits per heavy atom. The minimum absolute atomic E-state index is 0.0445. The summed E-state index contributed by atoms with van der Waals surface area (Å²) in [6, 6.07) is 11.4. The average Bonchev–Trinajstić information content (AvgIpc) is 2.43. The number of aliphatic hydroxyl groups is 1. The Morgan fingerprint density at radius 2 is 1.95 bits per heavy atom. The van der Waals surface area contributed by atoms with E-state index in [4.69, 9.17) is 27.9 Å². The fourth-order valence-electron chi connectivity index (χ4n) is 1.91. The number of ether oxygens (including phenoxy) is 1. The van der Waals surface area contributed by atoms with Crippen LogP contribution in [0.5, 0.6) is 5.75 Å². The molecule has 21 heavy (non-hydrogen) atoms. The van der Waals surface area contributed by atoms with Gasteiger partial charge in [-0.2, -0.15) is 0 Å². The van der Waals surface area contributed by atoms with Gasteiger partial charge in [-0.15, -0.1) is 0 Å². The molecule has 2 atom stereocenters. The summed E-state index contributed by atoms with van der Waals surface area (Å²) < 4.78 is 18.7. The number of hydrogen-bond donors (Lipinski definition) is 1. The summed E-state index contributed by atoms with van der Waals surface area (Å²) in [5.41, 5.74) is 0.746. The van der Waals surface area contributed by atoms with E-state index in [1.807, 2.05) is 0 Å². The molecule has 0 aromatic heterocycles. The number of rotatable bonds is 5. The Labute approximate surface area is 133 Å². The largest absolute Gasteiger partial charge is 0.488 e. The van der Waals surface area contributed by atoms with Crippen LogP contribution in [0, 0.1) is 5.82 Å². The van der Waals surface area contributed by atoms with E-state index in [1.165, 1.54) is 12.1 Å². The summed E-state index contributed by atoms with van der Waals surface area (Å²) in [6.45, 7) is 1.76. The van der Waals surface area contributed by atoms with Crippen molar-refractivity contribution in [3.63, 3.8) is 0 Å². The van der Waals surface area contributed by atoms with Crippen molar-refractivity contribution in [2.24, 2.45) is 0 Å². The second-order valence-corrected chi connectivity index (χ2v) is 5.64. The van der Waals surface area contributed by atoms with Gasteiger partial charge in [0.15, 0.2) is 0 Å². The Balaban J connectivity index is 1.98. The van der Waals surface area contributed by atoms with Crippen LogP contribution in [0.25, 0.3) is 0 Å². The first kappa shape index (κ1) is 16.1. The Kier molecular flexibility index (Phi) is 5.45. The highest BCUT2D eigenvalue weighted by Crippen LogP contribution is 2.21. The van der Waals surface area contributed by atoms with Gasteiger partial charge in [0.05, 0.1) is 11.1 Å². The summed E-state index contributed by atoms with van der Waals surface area (Å²) in [5.74, 6) is 0.115. The van der Waals surface area contributed by atoms with Crippen LogP contribution >= 0.6 is 23.2 Å². The summed E-state index contributed by atoms with van der Waals surface area (Å²) in [6.07, 6.45) is -0.861. The number of aliphatic hydroxyl groups excluding tert-OH is 1. The van der Waals surface area contributed by atoms with E-state index in [0.717, 1.165) is 5.56 Å². The highest BCUT2D eigenvalue weighted by atomic mass is 35.5. The Hall–Kier alpha value is -1.29. The molecule has 0 radical (unpaired) electrons. The molecule has 0 heterocycles. The lowest BCUT2D eigenvalue weighted by atomic mass is 10.0. The van der Waals surface area contributed by atoms with Crippen molar-refractivity contribution >= 4 is 23.2 Å². The third kappa shape index (κ3) is 4.60. The standard InChI is InChI=1S/C16H15Cl2FO2/c1-10(21-13-4-2-3-12(17)9-13)16(20)8-11-5-6-15(19)14(18)7-11/h2-7,9-10,16,20H,8H2,1H3. The lowest BCUT2D eigenvalue weighted by Gasteiger charge is -2.21. The minimum Gasteiger partial charge on any atom is -0.488 e. The summed E-state index contributed by atoms with van der Waals surface area (Å²) in [5, 5.41) is 10.8. The Bertz CT molecular complexity index is 619. The molecule has 0 bridgehead atoms. The quantitative estimate of drug-likeness (QED) is 0.875. The van der Waals surface area contributed by atoms with Crippen LogP contribution in [0.1, 0.15) is 12.5 Å². The molecular weight excluding hydrogens is 314 g/mol. The minimum atomic E-state index is -0.745. The fraction of sp³-hybridized carbons (Fsp3) is 0.250. The summed E-state index contributed by atoms with van der Waals surface area (Å²) in [7, 11) is 0. The first-order valence-electron chi connectivity index (χ1n) is 6.50. The smallest absolute Gasteiger partial charge is 0.141 e. The Morgan fingerprint density at radius 3 is 2.62 bits per heavy atom. The van der Waals surface area contributed by atoms with Gasteiger partial charge in [0.2, 0.25) is 0 Å². The van der Waals surface area contributed by atoms with Crippen molar-refractivity contribution in [1.82, 2.24) is 0 Å². The van der Waals surface area contributed by atoms with Crippen molar-refractivity contribution in [2.45, 2.75) is 25.6 Å². The molecular formula is C16H15Cl2FO2. The van der Waals surface area contributed by atoms with E-state index >= 15 is 0 Å². The highest BCUT2D eigenvalue weighted by Gasteiger charge is 2.17. The van der Waals surface area contributed by atoms with E-state index in [0.29, 0.717) is 17.2 Å². The van der Waals surface area contributed by atoms with Crippen LogP contribution in [0.4, 0.5) is 4.39 Å². The molecule has 0 amide bonds. The molecule has 2 nitrogen and oxygen atoms in total. The predicted octanol–water partition coefficient (Wildman–Crippen LogP) is 4.50. The molecule has 112 valence electrons. The van der Waals surface area contributed by atoms with Crippen molar-refractivity contribution in [3.05, 3.63) is 63.9 Å². The normalized spacial score (nSPS) is 13.8. The van der Waals surface area contributed by atoms with Gasteiger partial charge in [-0.25, -0.2) is 4.39 Å².